The zero-order chi connectivity index (χ0) is 22.7. The van der Waals surface area contributed by atoms with E-state index in [4.69, 9.17) is 13.9 Å². The molecule has 0 radical (unpaired) electrons. The number of para-hydroxylation sites is 2. The number of ether oxygens (including phenoxy) is 2. The molecule has 33 heavy (non-hydrogen) atoms. The summed E-state index contributed by atoms with van der Waals surface area (Å²) < 4.78 is 18.7. The van der Waals surface area contributed by atoms with Crippen LogP contribution in [0.25, 0.3) is 21.9 Å². The standard InChI is InChI=1S/C26H21NO6/c1-2-31-26(30)23-19(20-22(33-23)16-10-3-4-11-18(16)32-25(20)29)17-13-15-8-5-7-14-9-6-12-27(21(14)15)24(17)28/h3-5,7-8,10-11,13,19,23H,2,6,9,12H2,1H3/t19-,23-/m0/s1. The number of rotatable bonds is 3. The van der Waals surface area contributed by atoms with Gasteiger partial charge in [-0.25, -0.2) is 9.59 Å². The number of benzene rings is 2. The zero-order valence-corrected chi connectivity index (χ0v) is 18.0. The molecule has 0 spiro atoms. The highest BCUT2D eigenvalue weighted by atomic mass is 16.6. The van der Waals surface area contributed by atoms with Gasteiger partial charge in [0.15, 0.2) is 0 Å². The smallest absolute Gasteiger partial charge is 0.348 e. The third-order valence-corrected chi connectivity index (χ3v) is 6.56. The molecule has 0 fully saturated rings. The molecule has 0 saturated heterocycles. The highest BCUT2D eigenvalue weighted by Gasteiger charge is 2.46. The summed E-state index contributed by atoms with van der Waals surface area (Å²) in [5.74, 6) is -1.27. The van der Waals surface area contributed by atoms with E-state index in [0.717, 1.165) is 29.3 Å². The molecule has 7 nitrogen and oxygen atoms in total. The quantitative estimate of drug-likeness (QED) is 0.356. The number of hydrogen-bond acceptors (Lipinski definition) is 6. The van der Waals surface area contributed by atoms with Gasteiger partial charge in [-0.3, -0.25) is 4.79 Å². The average molecular weight is 443 g/mol. The van der Waals surface area contributed by atoms with Gasteiger partial charge in [-0.15, -0.1) is 0 Å². The van der Waals surface area contributed by atoms with Crippen LogP contribution in [0, 0.1) is 0 Å². The molecule has 0 aliphatic carbocycles. The van der Waals surface area contributed by atoms with Crippen molar-refractivity contribution in [1.82, 2.24) is 4.57 Å². The summed E-state index contributed by atoms with van der Waals surface area (Å²) >= 11 is 0. The van der Waals surface area contributed by atoms with E-state index in [2.05, 4.69) is 0 Å². The van der Waals surface area contributed by atoms with Crippen molar-refractivity contribution in [3.63, 3.8) is 0 Å². The Hall–Kier alpha value is -3.87. The molecule has 2 aromatic carbocycles. The molecular weight excluding hydrogens is 422 g/mol. The molecule has 0 unspecified atom stereocenters. The largest absolute Gasteiger partial charge is 0.476 e. The Bertz CT molecular complexity index is 1560. The predicted molar refractivity (Wildman–Crippen MR) is 122 cm³/mol. The minimum atomic E-state index is -1.15. The van der Waals surface area contributed by atoms with Crippen molar-refractivity contribution in [2.24, 2.45) is 0 Å². The highest BCUT2D eigenvalue weighted by Crippen LogP contribution is 2.44. The van der Waals surface area contributed by atoms with Gasteiger partial charge in [0.05, 0.1) is 29.0 Å². The topological polar surface area (TPSA) is 87.7 Å². The van der Waals surface area contributed by atoms with Crippen LogP contribution in [-0.4, -0.2) is 23.2 Å². The zero-order valence-electron chi connectivity index (χ0n) is 18.0. The summed E-state index contributed by atoms with van der Waals surface area (Å²) in [7, 11) is 0. The summed E-state index contributed by atoms with van der Waals surface area (Å²) in [5.41, 5.74) is 2.07. The maximum Gasteiger partial charge on any atom is 0.348 e. The molecule has 0 amide bonds. The fourth-order valence-electron chi connectivity index (χ4n) is 5.21. The van der Waals surface area contributed by atoms with Crippen molar-refractivity contribution in [3.8, 4) is 5.75 Å². The molecular formula is C26H21NO6. The Morgan fingerprint density at radius 2 is 2.00 bits per heavy atom. The summed E-state index contributed by atoms with van der Waals surface area (Å²) in [5, 5.41) is 1.47. The number of carbonyl (C=O) groups is 1. The lowest BCUT2D eigenvalue weighted by Gasteiger charge is -2.23. The lowest BCUT2D eigenvalue weighted by molar-refractivity contribution is -0.151. The van der Waals surface area contributed by atoms with Gasteiger partial charge in [-0.2, -0.15) is 0 Å². The number of esters is 1. The molecule has 6 rings (SSSR count). The van der Waals surface area contributed by atoms with Crippen LogP contribution >= 0.6 is 0 Å². The van der Waals surface area contributed by atoms with Crippen LogP contribution in [0.1, 0.15) is 36.0 Å². The van der Waals surface area contributed by atoms with E-state index in [1.807, 2.05) is 18.2 Å². The predicted octanol–water partition coefficient (Wildman–Crippen LogP) is 3.51. The molecule has 2 aromatic heterocycles. The maximum absolute atomic E-state index is 13.7. The van der Waals surface area contributed by atoms with Crippen LogP contribution in [0.15, 0.2) is 62.5 Å². The van der Waals surface area contributed by atoms with Gasteiger partial charge >= 0.3 is 11.6 Å². The number of nitrogens with zero attached hydrogens (tertiary/aromatic N) is 1. The molecule has 0 bridgehead atoms. The number of aryl methyl sites for hydroxylation is 2. The molecule has 2 aliphatic heterocycles. The second-order valence-corrected chi connectivity index (χ2v) is 8.41. The first-order chi connectivity index (χ1) is 16.1. The Kier molecular flexibility index (Phi) is 4.40. The molecule has 0 saturated carbocycles. The van der Waals surface area contributed by atoms with Crippen LogP contribution in [0.2, 0.25) is 0 Å². The molecule has 2 atom stereocenters. The van der Waals surface area contributed by atoms with E-state index in [1.165, 1.54) is 0 Å². The lowest BCUT2D eigenvalue weighted by atomic mass is 9.87. The summed E-state index contributed by atoms with van der Waals surface area (Å²) in [4.78, 5) is 39.8. The molecule has 7 heteroatoms. The fraction of sp³-hybridized carbons (Fsp3) is 0.269. The van der Waals surface area contributed by atoms with E-state index in [1.54, 1.807) is 41.8 Å². The maximum atomic E-state index is 13.7. The van der Waals surface area contributed by atoms with Crippen molar-refractivity contribution in [2.75, 3.05) is 6.61 Å². The normalized spacial score (nSPS) is 18.8. The van der Waals surface area contributed by atoms with Gasteiger partial charge in [0, 0.05) is 12.1 Å². The summed E-state index contributed by atoms with van der Waals surface area (Å²) in [6.45, 7) is 2.44. The Labute approximate surface area is 188 Å². The van der Waals surface area contributed by atoms with Crippen molar-refractivity contribution < 1.29 is 18.7 Å². The van der Waals surface area contributed by atoms with Gasteiger partial charge in [-0.05, 0) is 48.9 Å². The Balaban J connectivity index is 1.66. The van der Waals surface area contributed by atoms with Gasteiger partial charge in [0.1, 0.15) is 11.3 Å². The third-order valence-electron chi connectivity index (χ3n) is 6.56. The van der Waals surface area contributed by atoms with E-state index >= 15 is 0 Å². The number of pyridine rings is 1. The van der Waals surface area contributed by atoms with Crippen LogP contribution in [0.3, 0.4) is 0 Å². The van der Waals surface area contributed by atoms with E-state index < -0.39 is 23.6 Å². The molecule has 166 valence electrons. The number of fused-ring (bicyclic) bond motifs is 3. The van der Waals surface area contributed by atoms with Crippen molar-refractivity contribution in [2.45, 2.75) is 38.3 Å². The first-order valence-electron chi connectivity index (χ1n) is 11.1. The molecule has 2 aliphatic rings. The average Bonchev–Trinajstić information content (AvgIpc) is 3.23. The van der Waals surface area contributed by atoms with E-state index in [9.17, 15) is 14.4 Å². The number of hydrogen-bond donors (Lipinski definition) is 0. The van der Waals surface area contributed by atoms with Crippen molar-refractivity contribution in [1.29, 1.82) is 0 Å². The van der Waals surface area contributed by atoms with Crippen LogP contribution in [-0.2, 0) is 22.5 Å². The second-order valence-electron chi connectivity index (χ2n) is 8.41. The number of aromatic nitrogens is 1. The SMILES string of the molecule is CCOC(=O)[C@H]1Oc2c(c(=O)oc3ccccc23)[C@@H]1c1cc2cccc3c2n(c1=O)CCC3. The van der Waals surface area contributed by atoms with Crippen LogP contribution < -0.4 is 15.9 Å². The monoisotopic (exact) mass is 443 g/mol. The first kappa shape index (κ1) is 19.8. The van der Waals surface area contributed by atoms with Crippen molar-refractivity contribution in [3.05, 3.63) is 86.0 Å². The lowest BCUT2D eigenvalue weighted by Crippen LogP contribution is -2.37. The van der Waals surface area contributed by atoms with Crippen molar-refractivity contribution >= 4 is 27.8 Å². The van der Waals surface area contributed by atoms with Crippen LogP contribution in [0.4, 0.5) is 0 Å². The van der Waals surface area contributed by atoms with Gasteiger partial charge in [0.25, 0.3) is 5.56 Å². The number of carbonyl (C=O) groups excluding carboxylic acids is 1. The summed E-state index contributed by atoms with van der Waals surface area (Å²) in [6, 6.07) is 14.7. The molecule has 4 aromatic rings. The van der Waals surface area contributed by atoms with E-state index in [0.29, 0.717) is 23.1 Å². The minimum Gasteiger partial charge on any atom is -0.476 e. The first-order valence-corrected chi connectivity index (χ1v) is 11.1. The fourth-order valence-corrected chi connectivity index (χ4v) is 5.21. The summed E-state index contributed by atoms with van der Waals surface area (Å²) in [6.07, 6.45) is 0.603. The minimum absolute atomic E-state index is 0.155. The Morgan fingerprint density at radius 3 is 2.85 bits per heavy atom. The Morgan fingerprint density at radius 1 is 1.15 bits per heavy atom. The van der Waals surface area contributed by atoms with Gasteiger partial charge in [-0.1, -0.05) is 30.3 Å². The second kappa shape index (κ2) is 7.33. The van der Waals surface area contributed by atoms with Crippen LogP contribution in [0.5, 0.6) is 5.75 Å². The molecule has 0 N–H and O–H groups in total. The van der Waals surface area contributed by atoms with E-state index in [-0.39, 0.29) is 23.5 Å². The third kappa shape index (κ3) is 2.85. The molecule has 4 heterocycles. The van der Waals surface area contributed by atoms with Gasteiger partial charge < -0.3 is 18.5 Å². The highest BCUT2D eigenvalue weighted by molar-refractivity contribution is 5.89. The van der Waals surface area contributed by atoms with Gasteiger partial charge in [0.2, 0.25) is 6.10 Å².